The monoisotopic (exact) mass is 296 g/mol. The number of benzene rings is 1. The number of sulfonamides is 1. The number of hydrogen-bond donors (Lipinski definition) is 2. The van der Waals surface area contributed by atoms with E-state index in [0.717, 1.165) is 11.1 Å². The van der Waals surface area contributed by atoms with Crippen LogP contribution in [0.25, 0.3) is 0 Å². The Morgan fingerprint density at radius 1 is 1.20 bits per heavy atom. The van der Waals surface area contributed by atoms with Crippen molar-refractivity contribution in [2.75, 3.05) is 0 Å². The van der Waals surface area contributed by atoms with Crippen LogP contribution in [0.15, 0.2) is 23.1 Å². The molecule has 0 heterocycles. The second-order valence-corrected chi connectivity index (χ2v) is 8.48. The fourth-order valence-corrected chi connectivity index (χ4v) is 4.61. The fourth-order valence-electron chi connectivity index (χ4n) is 2.85. The highest BCUT2D eigenvalue weighted by atomic mass is 32.2. The molecule has 0 spiro atoms. The average molecular weight is 296 g/mol. The van der Waals surface area contributed by atoms with Crippen LogP contribution in [-0.2, 0) is 16.6 Å². The summed E-state index contributed by atoms with van der Waals surface area (Å²) in [5.41, 5.74) is 7.20. The molecule has 1 aliphatic carbocycles. The van der Waals surface area contributed by atoms with Gasteiger partial charge in [0.1, 0.15) is 0 Å². The predicted octanol–water partition coefficient (Wildman–Crippen LogP) is 2.17. The van der Waals surface area contributed by atoms with Crippen LogP contribution in [0, 0.1) is 17.8 Å². The molecule has 2 rings (SSSR count). The minimum atomic E-state index is -3.49. The molecular weight excluding hydrogens is 272 g/mol. The normalized spacial score (nSPS) is 20.9. The molecule has 1 fully saturated rings. The molecule has 1 aromatic carbocycles. The molecule has 0 aromatic heterocycles. The lowest BCUT2D eigenvalue weighted by Gasteiger charge is -2.11. The molecule has 0 saturated heterocycles. The van der Waals surface area contributed by atoms with E-state index in [1.54, 1.807) is 19.1 Å². The summed E-state index contributed by atoms with van der Waals surface area (Å²) in [7, 11) is -3.49. The third-order valence-electron chi connectivity index (χ3n) is 5.06. The van der Waals surface area contributed by atoms with Gasteiger partial charge in [-0.1, -0.05) is 39.8 Å². The molecule has 1 saturated carbocycles. The minimum absolute atomic E-state index is 0.0226. The molecule has 0 radical (unpaired) electrons. The second-order valence-electron chi connectivity index (χ2n) is 6.80. The van der Waals surface area contributed by atoms with Crippen molar-refractivity contribution < 1.29 is 8.42 Å². The Hall–Kier alpha value is -0.910. The molecule has 3 N–H and O–H groups in total. The highest BCUT2D eigenvalue weighted by Gasteiger charge is 2.66. The van der Waals surface area contributed by atoms with E-state index in [1.165, 1.54) is 0 Å². The van der Waals surface area contributed by atoms with Crippen molar-refractivity contribution in [2.45, 2.75) is 52.1 Å². The Balaban J connectivity index is 2.29. The lowest BCUT2D eigenvalue weighted by Crippen LogP contribution is -2.30. The van der Waals surface area contributed by atoms with Crippen LogP contribution < -0.4 is 10.5 Å². The van der Waals surface area contributed by atoms with Crippen LogP contribution in [0.5, 0.6) is 0 Å². The zero-order valence-electron chi connectivity index (χ0n) is 12.8. The number of nitrogens with one attached hydrogen (secondary N) is 1. The van der Waals surface area contributed by atoms with Gasteiger partial charge in [0.25, 0.3) is 0 Å². The summed E-state index contributed by atoms with van der Waals surface area (Å²) in [5, 5.41) is 0. The van der Waals surface area contributed by atoms with Crippen LogP contribution in [0.3, 0.4) is 0 Å². The Morgan fingerprint density at radius 3 is 2.15 bits per heavy atom. The van der Waals surface area contributed by atoms with E-state index in [9.17, 15) is 8.42 Å². The van der Waals surface area contributed by atoms with Crippen molar-refractivity contribution in [1.29, 1.82) is 0 Å². The Kier molecular flexibility index (Phi) is 3.52. The molecule has 5 heteroatoms. The summed E-state index contributed by atoms with van der Waals surface area (Å²) >= 11 is 0. The van der Waals surface area contributed by atoms with Gasteiger partial charge in [0.05, 0.1) is 4.90 Å². The summed E-state index contributed by atoms with van der Waals surface area (Å²) in [6, 6.07) is 5.21. The van der Waals surface area contributed by atoms with Crippen LogP contribution in [-0.4, -0.2) is 14.5 Å². The van der Waals surface area contributed by atoms with Crippen molar-refractivity contribution in [3.63, 3.8) is 0 Å². The van der Waals surface area contributed by atoms with Crippen molar-refractivity contribution in [2.24, 2.45) is 16.6 Å². The molecule has 0 unspecified atom stereocenters. The SMILES string of the molecule is Cc1cc(CN)ccc1S(=O)(=O)NC1C(C)(C)C1(C)C. The van der Waals surface area contributed by atoms with Gasteiger partial charge >= 0.3 is 0 Å². The maximum Gasteiger partial charge on any atom is 0.241 e. The van der Waals surface area contributed by atoms with Gasteiger partial charge in [0.15, 0.2) is 0 Å². The van der Waals surface area contributed by atoms with Gasteiger partial charge in [-0.05, 0) is 34.9 Å². The number of rotatable bonds is 4. The molecule has 1 aliphatic rings. The largest absolute Gasteiger partial charge is 0.326 e. The Morgan fingerprint density at radius 2 is 1.75 bits per heavy atom. The van der Waals surface area contributed by atoms with Gasteiger partial charge in [-0.25, -0.2) is 13.1 Å². The van der Waals surface area contributed by atoms with Crippen LogP contribution in [0.2, 0.25) is 0 Å². The predicted molar refractivity (Wildman–Crippen MR) is 80.7 cm³/mol. The summed E-state index contributed by atoms with van der Waals surface area (Å²) in [4.78, 5) is 0.341. The third-order valence-corrected chi connectivity index (χ3v) is 6.64. The van der Waals surface area contributed by atoms with E-state index < -0.39 is 10.0 Å². The van der Waals surface area contributed by atoms with E-state index in [0.29, 0.717) is 11.4 Å². The number of hydrogen-bond acceptors (Lipinski definition) is 3. The maximum atomic E-state index is 12.5. The van der Waals surface area contributed by atoms with E-state index in [2.05, 4.69) is 32.4 Å². The van der Waals surface area contributed by atoms with Crippen molar-refractivity contribution in [3.05, 3.63) is 29.3 Å². The highest BCUT2D eigenvalue weighted by molar-refractivity contribution is 7.89. The molecule has 112 valence electrons. The second kappa shape index (κ2) is 4.55. The standard InChI is InChI=1S/C15H24N2O2S/c1-10-8-11(9-16)6-7-12(10)20(18,19)17-13-14(2,3)15(13,4)5/h6-8,13,17H,9,16H2,1-5H3. The lowest BCUT2D eigenvalue weighted by atomic mass is 10.0. The van der Waals surface area contributed by atoms with E-state index in [-0.39, 0.29) is 16.9 Å². The van der Waals surface area contributed by atoms with E-state index in [1.807, 2.05) is 6.07 Å². The van der Waals surface area contributed by atoms with Crippen LogP contribution in [0.4, 0.5) is 0 Å². The number of aryl methyl sites for hydroxylation is 1. The van der Waals surface area contributed by atoms with Gasteiger partial charge in [-0.2, -0.15) is 0 Å². The first-order chi connectivity index (χ1) is 9.04. The number of nitrogens with two attached hydrogens (primary N) is 1. The van der Waals surface area contributed by atoms with E-state index in [4.69, 9.17) is 5.73 Å². The Labute approximate surface area is 121 Å². The summed E-state index contributed by atoms with van der Waals surface area (Å²) in [6.45, 7) is 10.6. The van der Waals surface area contributed by atoms with Gasteiger partial charge in [-0.15, -0.1) is 0 Å². The van der Waals surface area contributed by atoms with Gasteiger partial charge in [0, 0.05) is 12.6 Å². The van der Waals surface area contributed by atoms with Crippen molar-refractivity contribution in [3.8, 4) is 0 Å². The zero-order valence-corrected chi connectivity index (χ0v) is 13.6. The maximum absolute atomic E-state index is 12.5. The van der Waals surface area contributed by atoms with Gasteiger partial charge in [0.2, 0.25) is 10.0 Å². The highest BCUT2D eigenvalue weighted by Crippen LogP contribution is 2.62. The van der Waals surface area contributed by atoms with Crippen LogP contribution >= 0.6 is 0 Å². The third kappa shape index (κ3) is 2.28. The molecule has 0 aliphatic heterocycles. The molecule has 0 bridgehead atoms. The first-order valence-corrected chi connectivity index (χ1v) is 8.34. The zero-order chi connectivity index (χ0) is 15.3. The Bertz CT molecular complexity index is 619. The average Bonchev–Trinajstić information content (AvgIpc) is 2.70. The molecule has 0 atom stereocenters. The summed E-state index contributed by atoms with van der Waals surface area (Å²) in [5.74, 6) is 0. The van der Waals surface area contributed by atoms with Crippen molar-refractivity contribution >= 4 is 10.0 Å². The van der Waals surface area contributed by atoms with Gasteiger partial charge in [-0.3, -0.25) is 0 Å². The molecule has 1 aromatic rings. The lowest BCUT2D eigenvalue weighted by molar-refractivity contribution is 0.457. The molecule has 4 nitrogen and oxygen atoms in total. The van der Waals surface area contributed by atoms with Crippen LogP contribution in [0.1, 0.15) is 38.8 Å². The fraction of sp³-hybridized carbons (Fsp3) is 0.600. The topological polar surface area (TPSA) is 72.2 Å². The first kappa shape index (κ1) is 15.5. The quantitative estimate of drug-likeness (QED) is 0.894. The van der Waals surface area contributed by atoms with Gasteiger partial charge < -0.3 is 5.73 Å². The smallest absolute Gasteiger partial charge is 0.241 e. The van der Waals surface area contributed by atoms with Crippen molar-refractivity contribution in [1.82, 2.24) is 4.72 Å². The minimum Gasteiger partial charge on any atom is -0.326 e. The first-order valence-electron chi connectivity index (χ1n) is 6.86. The molecule has 20 heavy (non-hydrogen) atoms. The summed E-state index contributed by atoms with van der Waals surface area (Å²) in [6.07, 6.45) is 0. The molecule has 0 amide bonds. The summed E-state index contributed by atoms with van der Waals surface area (Å²) < 4.78 is 27.9. The van der Waals surface area contributed by atoms with E-state index >= 15 is 0 Å². The molecular formula is C15H24N2O2S.